The van der Waals surface area contributed by atoms with E-state index in [0.29, 0.717) is 12.4 Å². The molecule has 25 heavy (non-hydrogen) atoms. The predicted octanol–water partition coefficient (Wildman–Crippen LogP) is 1.69. The molecule has 2 aromatic rings. The molecule has 1 atom stereocenters. The van der Waals surface area contributed by atoms with Gasteiger partial charge in [-0.3, -0.25) is 4.72 Å². The molecule has 0 spiro atoms. The number of carbonyl (C=O) groups is 1. The van der Waals surface area contributed by atoms with Crippen molar-refractivity contribution in [3.8, 4) is 0 Å². The lowest BCUT2D eigenvalue weighted by Gasteiger charge is -2.15. The molecule has 0 bridgehead atoms. The van der Waals surface area contributed by atoms with Crippen molar-refractivity contribution in [2.45, 2.75) is 26.4 Å². The number of nitrogens with zero attached hydrogens (tertiary/aromatic N) is 3. The Morgan fingerprint density at radius 2 is 2.12 bits per heavy atom. The lowest BCUT2D eigenvalue weighted by atomic mass is 10.2. The monoisotopic (exact) mass is 370 g/mol. The van der Waals surface area contributed by atoms with Gasteiger partial charge >= 0.3 is 6.03 Å². The van der Waals surface area contributed by atoms with Crippen molar-refractivity contribution in [2.75, 3.05) is 16.3 Å². The summed E-state index contributed by atoms with van der Waals surface area (Å²) in [6, 6.07) is 2.39. The third-order valence-electron chi connectivity index (χ3n) is 3.24. The fraction of sp³-hybridized carbons (Fsp3) is 0.357. The number of sulfonamides is 1. The molecule has 11 heteroatoms. The fourth-order valence-electron chi connectivity index (χ4n) is 2.16. The summed E-state index contributed by atoms with van der Waals surface area (Å²) < 4.78 is 40.3. The van der Waals surface area contributed by atoms with Gasteiger partial charge in [0.25, 0.3) is 0 Å². The normalized spacial score (nSPS) is 12.5. The van der Waals surface area contributed by atoms with Gasteiger partial charge in [-0.05, 0) is 32.0 Å². The molecule has 2 rings (SSSR count). The number of hydrogen-bond acceptors (Lipinski definition) is 5. The molecule has 0 saturated carbocycles. The first-order valence-electron chi connectivity index (χ1n) is 7.42. The molecule has 1 aromatic heterocycles. The second kappa shape index (κ2) is 7.47. The Bertz CT molecular complexity index is 867. The van der Waals surface area contributed by atoms with Gasteiger partial charge in [0.05, 0.1) is 23.7 Å². The van der Waals surface area contributed by atoms with Gasteiger partial charge in [-0.25, -0.2) is 17.6 Å². The van der Waals surface area contributed by atoms with Crippen molar-refractivity contribution in [1.82, 2.24) is 20.1 Å². The third-order valence-corrected chi connectivity index (χ3v) is 3.85. The first-order valence-corrected chi connectivity index (χ1v) is 9.31. The van der Waals surface area contributed by atoms with E-state index in [4.69, 9.17) is 0 Å². The van der Waals surface area contributed by atoms with E-state index in [-0.39, 0.29) is 11.4 Å². The molecule has 0 aliphatic carbocycles. The highest BCUT2D eigenvalue weighted by atomic mass is 32.2. The molecule has 9 nitrogen and oxygen atoms in total. The summed E-state index contributed by atoms with van der Waals surface area (Å²) in [7, 11) is -3.51. The molecule has 0 saturated heterocycles. The number of hydrogen-bond donors (Lipinski definition) is 3. The Morgan fingerprint density at radius 1 is 1.40 bits per heavy atom. The van der Waals surface area contributed by atoms with Crippen LogP contribution in [-0.4, -0.2) is 35.5 Å². The maximum atomic E-state index is 13.8. The van der Waals surface area contributed by atoms with Gasteiger partial charge < -0.3 is 15.2 Å². The van der Waals surface area contributed by atoms with Gasteiger partial charge in [-0.1, -0.05) is 0 Å². The van der Waals surface area contributed by atoms with Crippen molar-refractivity contribution in [3.05, 3.63) is 36.2 Å². The van der Waals surface area contributed by atoms with E-state index >= 15 is 0 Å². The van der Waals surface area contributed by atoms with Crippen LogP contribution in [-0.2, 0) is 16.6 Å². The summed E-state index contributed by atoms with van der Waals surface area (Å²) in [6.45, 7) is 4.27. The fourth-order valence-corrected chi connectivity index (χ4v) is 2.72. The lowest BCUT2D eigenvalue weighted by Crippen LogP contribution is -2.32. The smallest absolute Gasteiger partial charge is 0.319 e. The number of benzene rings is 1. The van der Waals surface area contributed by atoms with Crippen LogP contribution in [0.2, 0.25) is 0 Å². The zero-order valence-corrected chi connectivity index (χ0v) is 14.8. The predicted molar refractivity (Wildman–Crippen MR) is 91.1 cm³/mol. The quantitative estimate of drug-likeness (QED) is 0.715. The average Bonchev–Trinajstić information content (AvgIpc) is 2.97. The first kappa shape index (κ1) is 18.6. The number of rotatable bonds is 6. The number of amides is 2. The minimum absolute atomic E-state index is 0.137. The van der Waals surface area contributed by atoms with Crippen LogP contribution in [0.1, 0.15) is 25.7 Å². The third kappa shape index (κ3) is 5.14. The Kier molecular flexibility index (Phi) is 5.57. The Balaban J connectivity index is 2.08. The summed E-state index contributed by atoms with van der Waals surface area (Å²) in [5.74, 6) is -0.135. The van der Waals surface area contributed by atoms with E-state index in [1.54, 1.807) is 17.8 Å². The Hall–Kier alpha value is -2.69. The number of anilines is 2. The van der Waals surface area contributed by atoms with Crippen LogP contribution in [0.15, 0.2) is 24.5 Å². The summed E-state index contributed by atoms with van der Waals surface area (Å²) in [5, 5.41) is 12.7. The lowest BCUT2D eigenvalue weighted by molar-refractivity contribution is 0.248. The van der Waals surface area contributed by atoms with Crippen molar-refractivity contribution in [1.29, 1.82) is 0 Å². The second-order valence-corrected chi connectivity index (χ2v) is 7.11. The highest BCUT2D eigenvalue weighted by Crippen LogP contribution is 2.20. The number of halogens is 1. The SMILES string of the molecule is CCn1cnnc1[C@@H](C)NC(=O)Nc1cc(NS(C)(=O)=O)ccc1F. The summed E-state index contributed by atoms with van der Waals surface area (Å²) in [6.07, 6.45) is 2.52. The summed E-state index contributed by atoms with van der Waals surface area (Å²) in [4.78, 5) is 12.1. The van der Waals surface area contributed by atoms with Crippen molar-refractivity contribution in [2.24, 2.45) is 0 Å². The highest BCUT2D eigenvalue weighted by Gasteiger charge is 2.16. The van der Waals surface area contributed by atoms with Crippen molar-refractivity contribution >= 4 is 27.4 Å². The van der Waals surface area contributed by atoms with Gasteiger partial charge in [0, 0.05) is 6.54 Å². The van der Waals surface area contributed by atoms with E-state index in [2.05, 4.69) is 25.6 Å². The van der Waals surface area contributed by atoms with Crippen molar-refractivity contribution in [3.63, 3.8) is 0 Å². The molecule has 0 aliphatic rings. The van der Waals surface area contributed by atoms with Gasteiger partial charge in [-0.15, -0.1) is 10.2 Å². The molecule has 1 aromatic carbocycles. The number of aryl methyl sites for hydroxylation is 1. The molecule has 0 radical (unpaired) electrons. The van der Waals surface area contributed by atoms with Gasteiger partial charge in [0.15, 0.2) is 5.82 Å². The maximum Gasteiger partial charge on any atom is 0.319 e. The average molecular weight is 370 g/mol. The van der Waals surface area contributed by atoms with E-state index in [9.17, 15) is 17.6 Å². The van der Waals surface area contributed by atoms with Crippen LogP contribution >= 0.6 is 0 Å². The standard InChI is InChI=1S/C14H19FN6O3S/c1-4-21-8-16-19-13(21)9(2)17-14(22)18-12-7-10(5-6-11(12)15)20-25(3,23)24/h5-9,20H,4H2,1-3H3,(H2,17,18,22)/t9-/m1/s1. The van der Waals surface area contributed by atoms with Crippen LogP contribution < -0.4 is 15.4 Å². The summed E-state index contributed by atoms with van der Waals surface area (Å²) >= 11 is 0. The topological polar surface area (TPSA) is 118 Å². The molecule has 2 amide bonds. The first-order chi connectivity index (χ1) is 11.7. The van der Waals surface area contributed by atoms with Gasteiger partial charge in [0.2, 0.25) is 10.0 Å². The molecule has 136 valence electrons. The zero-order valence-electron chi connectivity index (χ0n) is 13.9. The van der Waals surface area contributed by atoms with Gasteiger partial charge in [0.1, 0.15) is 12.1 Å². The highest BCUT2D eigenvalue weighted by molar-refractivity contribution is 7.92. The molecule has 0 fully saturated rings. The van der Waals surface area contributed by atoms with E-state index in [0.717, 1.165) is 12.3 Å². The second-order valence-electron chi connectivity index (χ2n) is 5.36. The molecular weight excluding hydrogens is 351 g/mol. The van der Waals surface area contributed by atoms with E-state index in [1.807, 2.05) is 6.92 Å². The largest absolute Gasteiger partial charge is 0.328 e. The van der Waals surface area contributed by atoms with Crippen LogP contribution in [0.5, 0.6) is 0 Å². The minimum atomic E-state index is -3.51. The molecule has 0 unspecified atom stereocenters. The summed E-state index contributed by atoms with van der Waals surface area (Å²) in [5.41, 5.74) is -0.0201. The number of aromatic nitrogens is 3. The van der Waals surface area contributed by atoms with Crippen LogP contribution in [0.3, 0.4) is 0 Å². The zero-order chi connectivity index (χ0) is 18.6. The number of carbonyl (C=O) groups excluding carboxylic acids is 1. The molecule has 0 aliphatic heterocycles. The Labute approximate surface area is 144 Å². The Morgan fingerprint density at radius 3 is 2.76 bits per heavy atom. The van der Waals surface area contributed by atoms with Crippen LogP contribution in [0.25, 0.3) is 0 Å². The van der Waals surface area contributed by atoms with Gasteiger partial charge in [-0.2, -0.15) is 0 Å². The number of urea groups is 1. The number of nitrogens with one attached hydrogen (secondary N) is 3. The van der Waals surface area contributed by atoms with Crippen LogP contribution in [0.4, 0.5) is 20.6 Å². The molecule has 1 heterocycles. The minimum Gasteiger partial charge on any atom is -0.328 e. The molecule has 3 N–H and O–H groups in total. The van der Waals surface area contributed by atoms with Crippen molar-refractivity contribution < 1.29 is 17.6 Å². The van der Waals surface area contributed by atoms with Crippen LogP contribution in [0, 0.1) is 5.82 Å². The van der Waals surface area contributed by atoms with E-state index in [1.165, 1.54) is 12.1 Å². The molecular formula is C14H19FN6O3S. The maximum absolute atomic E-state index is 13.8. The van der Waals surface area contributed by atoms with E-state index < -0.39 is 27.9 Å².